The van der Waals surface area contributed by atoms with Crippen LogP contribution in [0.25, 0.3) is 0 Å². The Hall–Kier alpha value is -1.37. The molecule has 1 amide bonds. The summed E-state index contributed by atoms with van der Waals surface area (Å²) in [6.07, 6.45) is 2.80. The van der Waals surface area contributed by atoms with Crippen molar-refractivity contribution in [3.05, 3.63) is 11.9 Å². The van der Waals surface area contributed by atoms with E-state index in [1.54, 1.807) is 5.01 Å². The summed E-state index contributed by atoms with van der Waals surface area (Å²) in [5.41, 5.74) is -2.24. The highest BCUT2D eigenvalue weighted by molar-refractivity contribution is 5.86. The van der Waals surface area contributed by atoms with Crippen molar-refractivity contribution >= 4 is 12.1 Å². The predicted molar refractivity (Wildman–Crippen MR) is 83.3 cm³/mol. The summed E-state index contributed by atoms with van der Waals surface area (Å²) in [6, 6.07) is -0.312. The topological polar surface area (TPSA) is 35.9 Å². The third kappa shape index (κ3) is 2.31. The summed E-state index contributed by atoms with van der Waals surface area (Å²) in [6.45, 7) is 2.87. The number of carbonyl (C=O) groups excluding carboxylic acids is 1. The molecule has 2 saturated heterocycles. The molecule has 4 aliphatic rings. The van der Waals surface area contributed by atoms with E-state index in [-0.39, 0.29) is 24.9 Å². The van der Waals surface area contributed by atoms with Crippen molar-refractivity contribution in [3.8, 4) is 0 Å². The number of alkyl halides is 2. The summed E-state index contributed by atoms with van der Waals surface area (Å²) < 4.78 is 41.5. The van der Waals surface area contributed by atoms with E-state index in [2.05, 4.69) is 4.99 Å². The van der Waals surface area contributed by atoms with Gasteiger partial charge in [-0.25, -0.2) is 18.2 Å². The van der Waals surface area contributed by atoms with Crippen LogP contribution in [0.5, 0.6) is 0 Å². The molecule has 4 rings (SSSR count). The van der Waals surface area contributed by atoms with Gasteiger partial charge in [0.15, 0.2) is 0 Å². The van der Waals surface area contributed by atoms with Crippen molar-refractivity contribution in [1.82, 2.24) is 10.0 Å². The highest BCUT2D eigenvalue weighted by Crippen LogP contribution is 2.51. The van der Waals surface area contributed by atoms with Crippen LogP contribution >= 0.6 is 0 Å². The van der Waals surface area contributed by atoms with E-state index in [0.29, 0.717) is 19.5 Å². The van der Waals surface area contributed by atoms with E-state index >= 15 is 0 Å². The Morgan fingerprint density at radius 3 is 2.75 bits per heavy atom. The van der Waals surface area contributed by atoms with Crippen LogP contribution in [0.1, 0.15) is 32.6 Å². The average molecular weight is 341 g/mol. The van der Waals surface area contributed by atoms with Crippen LogP contribution in [-0.4, -0.2) is 54.2 Å². The third-order valence-electron chi connectivity index (χ3n) is 6.00. The number of dihydropyridines is 1. The second kappa shape index (κ2) is 5.31. The number of amides is 1. The molecule has 3 fully saturated rings. The number of fused-ring (bicyclic) bond motifs is 1. The van der Waals surface area contributed by atoms with Crippen molar-refractivity contribution in [2.75, 3.05) is 19.6 Å². The van der Waals surface area contributed by atoms with Gasteiger partial charge in [0.2, 0.25) is 0 Å². The zero-order valence-electron chi connectivity index (χ0n) is 13.7. The zero-order valence-corrected chi connectivity index (χ0v) is 13.7. The average Bonchev–Trinajstić information content (AvgIpc) is 3.14. The Labute approximate surface area is 139 Å². The van der Waals surface area contributed by atoms with Gasteiger partial charge in [-0.05, 0) is 24.8 Å². The van der Waals surface area contributed by atoms with Gasteiger partial charge in [-0.15, -0.1) is 0 Å². The summed E-state index contributed by atoms with van der Waals surface area (Å²) in [4.78, 5) is 17.1. The molecule has 3 aliphatic heterocycles. The summed E-state index contributed by atoms with van der Waals surface area (Å²) in [5.74, 6) is -0.654. The Balaban J connectivity index is 1.64. The molecule has 24 heavy (non-hydrogen) atoms. The maximum Gasteiger partial charge on any atom is 0.254 e. The Morgan fingerprint density at radius 1 is 1.38 bits per heavy atom. The first kappa shape index (κ1) is 16.1. The van der Waals surface area contributed by atoms with Crippen molar-refractivity contribution in [2.45, 2.75) is 45.1 Å². The molecule has 0 aromatic carbocycles. The van der Waals surface area contributed by atoms with Gasteiger partial charge in [0, 0.05) is 25.0 Å². The van der Waals surface area contributed by atoms with Gasteiger partial charge in [0.1, 0.15) is 11.2 Å². The Morgan fingerprint density at radius 2 is 2.12 bits per heavy atom. The number of nitrogens with zero attached hydrogens (tertiary/aromatic N) is 3. The highest BCUT2D eigenvalue weighted by atomic mass is 19.3. The van der Waals surface area contributed by atoms with E-state index in [9.17, 15) is 18.0 Å². The Bertz CT molecular complexity index is 618. The number of carbonyl (C=O) groups is 1. The van der Waals surface area contributed by atoms with Crippen LogP contribution in [0.15, 0.2) is 16.9 Å². The molecule has 0 aromatic rings. The van der Waals surface area contributed by atoms with E-state index in [1.165, 1.54) is 17.3 Å². The molecule has 132 valence electrons. The van der Waals surface area contributed by atoms with Crippen molar-refractivity contribution < 1.29 is 18.0 Å². The maximum atomic E-state index is 13.9. The van der Waals surface area contributed by atoms with Crippen molar-refractivity contribution in [3.63, 3.8) is 0 Å². The molecule has 7 heteroatoms. The number of hydrogen-bond donors (Lipinski definition) is 0. The molecular weight excluding hydrogens is 319 g/mol. The van der Waals surface area contributed by atoms with Gasteiger partial charge in [-0.2, -0.15) is 0 Å². The maximum absolute atomic E-state index is 13.9. The monoisotopic (exact) mass is 341 g/mol. The second-order valence-electron chi connectivity index (χ2n) is 7.95. The Kier molecular flexibility index (Phi) is 3.57. The molecule has 0 aromatic heterocycles. The third-order valence-corrected chi connectivity index (χ3v) is 6.00. The quantitative estimate of drug-likeness (QED) is 0.788. The lowest BCUT2D eigenvalue weighted by atomic mass is 9.77. The number of hydrogen-bond acceptors (Lipinski definition) is 3. The van der Waals surface area contributed by atoms with Gasteiger partial charge in [0.05, 0.1) is 12.3 Å². The lowest BCUT2D eigenvalue weighted by Crippen LogP contribution is -2.50. The van der Waals surface area contributed by atoms with Crippen LogP contribution in [0.4, 0.5) is 13.2 Å². The van der Waals surface area contributed by atoms with Crippen LogP contribution < -0.4 is 0 Å². The van der Waals surface area contributed by atoms with Gasteiger partial charge < -0.3 is 0 Å². The minimum Gasteiger partial charge on any atom is -0.289 e. The van der Waals surface area contributed by atoms with Crippen molar-refractivity contribution in [1.29, 1.82) is 0 Å². The first-order valence-electron chi connectivity index (χ1n) is 8.61. The smallest absolute Gasteiger partial charge is 0.254 e. The molecule has 0 N–H and O–H groups in total. The molecule has 0 bridgehead atoms. The van der Waals surface area contributed by atoms with Crippen molar-refractivity contribution in [2.24, 2.45) is 21.7 Å². The lowest BCUT2D eigenvalue weighted by molar-refractivity contribution is -0.151. The van der Waals surface area contributed by atoms with E-state index in [1.807, 2.05) is 6.92 Å². The highest BCUT2D eigenvalue weighted by Gasteiger charge is 2.63. The molecule has 0 spiro atoms. The van der Waals surface area contributed by atoms with Gasteiger partial charge in [0.25, 0.3) is 12.3 Å². The molecule has 4 nitrogen and oxygen atoms in total. The molecule has 1 aliphatic carbocycles. The number of hydrazine groups is 1. The minimum atomic E-state index is -2.67. The molecular formula is C17H22F3N3O. The molecule has 0 radical (unpaired) electrons. The standard InChI is InChI=1S/C17H22F3N3O/c1-16(7-12(18)8-21-9-16)13-4-5-22-10-17(14(19)20,6-11-2-3-11)15(24)23(13)22/h7-8,11,13-14H,2-6,9-10H2,1H3/t13-,16?,17?/m0/s1. The van der Waals surface area contributed by atoms with Crippen LogP contribution in [0.3, 0.4) is 0 Å². The van der Waals surface area contributed by atoms with Gasteiger partial charge >= 0.3 is 0 Å². The lowest BCUT2D eigenvalue weighted by Gasteiger charge is -2.38. The fourth-order valence-electron chi connectivity index (χ4n) is 4.52. The van der Waals surface area contributed by atoms with E-state index in [4.69, 9.17) is 0 Å². The molecule has 3 atom stereocenters. The van der Waals surface area contributed by atoms with E-state index in [0.717, 1.165) is 12.8 Å². The first-order chi connectivity index (χ1) is 11.4. The second-order valence-corrected chi connectivity index (χ2v) is 7.95. The fourth-order valence-corrected chi connectivity index (χ4v) is 4.52. The zero-order chi connectivity index (χ0) is 17.1. The normalized spacial score (nSPS) is 39.7. The van der Waals surface area contributed by atoms with Crippen LogP contribution in [-0.2, 0) is 4.79 Å². The first-order valence-corrected chi connectivity index (χ1v) is 8.61. The van der Waals surface area contributed by atoms with Crippen LogP contribution in [0, 0.1) is 16.7 Å². The minimum absolute atomic E-state index is 0.0854. The van der Waals surface area contributed by atoms with Gasteiger partial charge in [-0.3, -0.25) is 14.8 Å². The number of aliphatic imine (C=N–C) groups is 1. The van der Waals surface area contributed by atoms with E-state index < -0.39 is 29.0 Å². The number of halogens is 3. The fraction of sp³-hybridized carbons (Fsp3) is 0.765. The number of allylic oxidation sites excluding steroid dienone is 1. The predicted octanol–water partition coefficient (Wildman–Crippen LogP) is 2.81. The molecule has 1 saturated carbocycles. The largest absolute Gasteiger partial charge is 0.289 e. The molecule has 3 heterocycles. The summed E-state index contributed by atoms with van der Waals surface area (Å²) in [5, 5.41) is 3.27. The number of rotatable bonds is 4. The van der Waals surface area contributed by atoms with Gasteiger partial charge in [-0.1, -0.05) is 19.8 Å². The molecule has 2 unspecified atom stereocenters. The summed E-state index contributed by atoms with van der Waals surface area (Å²) in [7, 11) is 0. The summed E-state index contributed by atoms with van der Waals surface area (Å²) >= 11 is 0. The van der Waals surface area contributed by atoms with Crippen LogP contribution in [0.2, 0.25) is 0 Å². The SMILES string of the molecule is CC1([C@@H]2CCN3CC(CC4CC4)(C(F)F)C(=O)N23)C=C(F)C=NC1.